The molecule has 1 aromatic carbocycles. The van der Waals surface area contributed by atoms with Gasteiger partial charge < -0.3 is 9.80 Å². The first-order valence-corrected chi connectivity index (χ1v) is 10.4. The molecule has 4 rings (SSSR count). The molecule has 1 fully saturated rings. The highest BCUT2D eigenvalue weighted by atomic mass is 79.9. The molecule has 3 heterocycles. The van der Waals surface area contributed by atoms with Crippen LogP contribution in [0.15, 0.2) is 34.9 Å². The lowest BCUT2D eigenvalue weighted by molar-refractivity contribution is 0.0662. The molecule has 3 aromatic rings. The number of aromatic nitrogens is 3. The first-order chi connectivity index (χ1) is 13.5. The Balaban J connectivity index is 1.78. The van der Waals surface area contributed by atoms with E-state index in [1.165, 1.54) is 0 Å². The molecule has 1 amide bonds. The first-order valence-electron chi connectivity index (χ1n) is 9.60. The van der Waals surface area contributed by atoms with E-state index in [2.05, 4.69) is 51.9 Å². The molecule has 0 aliphatic carbocycles. The largest absolute Gasteiger partial charge is 0.336 e. The van der Waals surface area contributed by atoms with Gasteiger partial charge in [0.15, 0.2) is 5.65 Å². The van der Waals surface area contributed by atoms with Crippen molar-refractivity contribution in [2.75, 3.05) is 33.2 Å². The van der Waals surface area contributed by atoms with Crippen LogP contribution < -0.4 is 0 Å². The van der Waals surface area contributed by atoms with E-state index in [4.69, 9.17) is 5.10 Å². The minimum Gasteiger partial charge on any atom is -0.336 e. The summed E-state index contributed by atoms with van der Waals surface area (Å²) in [5, 5.41) is 4.79. The fraction of sp³-hybridized carbons (Fsp3) is 0.381. The molecule has 1 aliphatic rings. The molecule has 6 nitrogen and oxygen atoms in total. The summed E-state index contributed by atoms with van der Waals surface area (Å²) >= 11 is 3.49. The number of rotatable bonds is 3. The quantitative estimate of drug-likeness (QED) is 0.624. The van der Waals surface area contributed by atoms with Gasteiger partial charge in [0.2, 0.25) is 0 Å². The van der Waals surface area contributed by atoms with Gasteiger partial charge in [-0.2, -0.15) is 5.10 Å². The Morgan fingerprint density at radius 2 is 1.82 bits per heavy atom. The number of amides is 1. The topological polar surface area (TPSA) is 53.7 Å². The van der Waals surface area contributed by atoms with Crippen molar-refractivity contribution in [3.8, 4) is 11.1 Å². The van der Waals surface area contributed by atoms with Gasteiger partial charge in [0, 0.05) is 42.4 Å². The Kier molecular flexibility index (Phi) is 5.21. The highest BCUT2D eigenvalue weighted by Gasteiger charge is 2.24. The predicted molar refractivity (Wildman–Crippen MR) is 114 cm³/mol. The minimum absolute atomic E-state index is 0.0405. The summed E-state index contributed by atoms with van der Waals surface area (Å²) in [4.78, 5) is 21.9. The van der Waals surface area contributed by atoms with Crippen LogP contribution in [0.25, 0.3) is 16.8 Å². The Bertz CT molecular complexity index is 1020. The molecule has 0 N–H and O–H groups in total. The van der Waals surface area contributed by atoms with E-state index < -0.39 is 0 Å². The smallest absolute Gasteiger partial charge is 0.257 e. The molecular weight excluding hydrogens is 418 g/mol. The van der Waals surface area contributed by atoms with Crippen molar-refractivity contribution >= 4 is 27.5 Å². The molecule has 0 radical (unpaired) electrons. The number of aryl methyl sites for hydroxylation is 2. The third-order valence-corrected chi connectivity index (χ3v) is 5.97. The number of carbonyl (C=O) groups is 1. The number of hydrogen-bond donors (Lipinski definition) is 0. The number of halogens is 1. The zero-order chi connectivity index (χ0) is 19.8. The van der Waals surface area contributed by atoms with E-state index in [9.17, 15) is 4.79 Å². The number of hydrogen-bond acceptors (Lipinski definition) is 4. The Morgan fingerprint density at radius 1 is 1.14 bits per heavy atom. The third-order valence-electron chi connectivity index (χ3n) is 5.45. The van der Waals surface area contributed by atoms with Gasteiger partial charge in [-0.1, -0.05) is 35.0 Å². The molecule has 146 valence electrons. The summed E-state index contributed by atoms with van der Waals surface area (Å²) in [6.45, 7) is 7.34. The van der Waals surface area contributed by atoms with E-state index in [0.29, 0.717) is 5.56 Å². The summed E-state index contributed by atoms with van der Waals surface area (Å²) in [7, 11) is 2.08. The zero-order valence-electron chi connectivity index (χ0n) is 16.4. The van der Waals surface area contributed by atoms with Crippen LogP contribution in [0.3, 0.4) is 0 Å². The standard InChI is InChI=1S/C21H24BrN5O/c1-4-18-19(15-5-7-16(22)8-6-15)20-23-13-17(14(2)27(20)24-18)21(28)26-11-9-25(3)10-12-26/h5-8,13H,4,9-12H2,1-3H3. The SMILES string of the molecule is CCc1nn2c(C)c(C(=O)N3CCN(C)CC3)cnc2c1-c1ccc(Br)cc1. The zero-order valence-corrected chi connectivity index (χ0v) is 18.0. The molecule has 2 aromatic heterocycles. The van der Waals surface area contributed by atoms with Gasteiger partial charge in [0.1, 0.15) is 0 Å². The lowest BCUT2D eigenvalue weighted by Crippen LogP contribution is -2.47. The Hall–Kier alpha value is -2.25. The van der Waals surface area contributed by atoms with E-state index in [1.54, 1.807) is 6.20 Å². The summed E-state index contributed by atoms with van der Waals surface area (Å²) in [5.74, 6) is 0.0405. The number of fused-ring (bicyclic) bond motifs is 1. The second kappa shape index (κ2) is 7.64. The highest BCUT2D eigenvalue weighted by Crippen LogP contribution is 2.30. The van der Waals surface area contributed by atoms with E-state index >= 15 is 0 Å². The first kappa shape index (κ1) is 19.1. The van der Waals surface area contributed by atoms with E-state index in [1.807, 2.05) is 28.5 Å². The molecule has 0 saturated carbocycles. The molecule has 28 heavy (non-hydrogen) atoms. The molecule has 0 atom stereocenters. The van der Waals surface area contributed by atoms with Crippen LogP contribution in [0.4, 0.5) is 0 Å². The molecule has 7 heteroatoms. The van der Waals surface area contributed by atoms with Crippen LogP contribution in [0.2, 0.25) is 0 Å². The van der Waals surface area contributed by atoms with Crippen molar-refractivity contribution in [3.63, 3.8) is 0 Å². The molecule has 1 aliphatic heterocycles. The van der Waals surface area contributed by atoms with Gasteiger partial charge in [-0.05, 0) is 38.1 Å². The maximum Gasteiger partial charge on any atom is 0.257 e. The molecule has 0 unspecified atom stereocenters. The average Bonchev–Trinajstić information content (AvgIpc) is 3.08. The normalized spacial score (nSPS) is 15.4. The third kappa shape index (κ3) is 3.33. The van der Waals surface area contributed by atoms with Crippen LogP contribution >= 0.6 is 15.9 Å². The lowest BCUT2D eigenvalue weighted by atomic mass is 10.0. The maximum atomic E-state index is 13.1. The molecular formula is C21H24BrN5O. The molecule has 0 spiro atoms. The number of likely N-dealkylation sites (N-methyl/N-ethyl adjacent to an activating group) is 1. The monoisotopic (exact) mass is 441 g/mol. The van der Waals surface area contributed by atoms with Crippen LogP contribution in [0, 0.1) is 6.92 Å². The fourth-order valence-corrected chi connectivity index (χ4v) is 3.95. The predicted octanol–water partition coefficient (Wildman–Crippen LogP) is 3.42. The van der Waals surface area contributed by atoms with Crippen LogP contribution in [0.1, 0.15) is 28.7 Å². The highest BCUT2D eigenvalue weighted by molar-refractivity contribution is 9.10. The van der Waals surface area contributed by atoms with Crippen molar-refractivity contribution in [2.45, 2.75) is 20.3 Å². The second-order valence-corrected chi connectivity index (χ2v) is 8.19. The van der Waals surface area contributed by atoms with Crippen molar-refractivity contribution in [3.05, 3.63) is 51.9 Å². The number of benzene rings is 1. The summed E-state index contributed by atoms with van der Waals surface area (Å²) in [6, 6.07) is 8.19. The number of piperazine rings is 1. The van der Waals surface area contributed by atoms with Crippen molar-refractivity contribution in [2.24, 2.45) is 0 Å². The van der Waals surface area contributed by atoms with Gasteiger partial charge in [-0.15, -0.1) is 0 Å². The average molecular weight is 442 g/mol. The Labute approximate surface area is 173 Å². The van der Waals surface area contributed by atoms with Gasteiger partial charge in [-0.3, -0.25) is 4.79 Å². The summed E-state index contributed by atoms with van der Waals surface area (Å²) in [6.07, 6.45) is 2.52. The fourth-order valence-electron chi connectivity index (χ4n) is 3.69. The number of nitrogens with zero attached hydrogens (tertiary/aromatic N) is 5. The Morgan fingerprint density at radius 3 is 2.46 bits per heavy atom. The molecule has 1 saturated heterocycles. The van der Waals surface area contributed by atoms with Crippen molar-refractivity contribution < 1.29 is 4.79 Å². The van der Waals surface area contributed by atoms with Crippen LogP contribution in [0.5, 0.6) is 0 Å². The van der Waals surface area contributed by atoms with Gasteiger partial charge in [0.25, 0.3) is 5.91 Å². The second-order valence-electron chi connectivity index (χ2n) is 7.27. The van der Waals surface area contributed by atoms with Crippen LogP contribution in [-0.2, 0) is 6.42 Å². The van der Waals surface area contributed by atoms with Gasteiger partial charge in [-0.25, -0.2) is 9.50 Å². The van der Waals surface area contributed by atoms with E-state index in [0.717, 1.165) is 65.2 Å². The van der Waals surface area contributed by atoms with Gasteiger partial charge in [0.05, 0.1) is 17.0 Å². The van der Waals surface area contributed by atoms with Crippen LogP contribution in [-0.4, -0.2) is 63.5 Å². The van der Waals surface area contributed by atoms with Crippen molar-refractivity contribution in [1.82, 2.24) is 24.4 Å². The summed E-state index contributed by atoms with van der Waals surface area (Å²) in [5.41, 5.74) is 5.38. The maximum absolute atomic E-state index is 13.1. The van der Waals surface area contributed by atoms with E-state index in [-0.39, 0.29) is 5.91 Å². The minimum atomic E-state index is 0.0405. The lowest BCUT2D eigenvalue weighted by Gasteiger charge is -2.32. The number of carbonyl (C=O) groups excluding carboxylic acids is 1. The van der Waals surface area contributed by atoms with Gasteiger partial charge >= 0.3 is 0 Å². The molecule has 0 bridgehead atoms. The summed E-state index contributed by atoms with van der Waals surface area (Å²) < 4.78 is 2.87. The van der Waals surface area contributed by atoms with Crippen molar-refractivity contribution in [1.29, 1.82) is 0 Å².